The number of esters is 3. The van der Waals surface area contributed by atoms with Gasteiger partial charge in [-0.05, 0) is 164 Å². The standard InChI is InChI=1S/C16H18O2.C14H16O.2C10H20O2/c1-4-11(2)13-5-6-15-10-16(18-12(3)17)8-7-14(15)9-13;1-3-10(2)11-4-5-13-9-14(15)7-6-12(13)8-11;2*1-7-10(5,6)8(11)12-9(2,3)4/h5-11H,4H2,1-3H3;4-10,15H,3H2,1-2H3;2*7H2,1-6H3. The first-order valence-corrected chi connectivity index (χ1v) is 20.6. The fourth-order valence-electron chi connectivity index (χ4n) is 4.93. The molecule has 0 bridgehead atoms. The Labute approximate surface area is 344 Å². The molecule has 4 aromatic carbocycles. The zero-order valence-corrected chi connectivity index (χ0v) is 38.3. The Balaban J connectivity index is 0.000000387. The van der Waals surface area contributed by atoms with Gasteiger partial charge < -0.3 is 19.3 Å². The van der Waals surface area contributed by atoms with Crippen LogP contribution < -0.4 is 4.74 Å². The van der Waals surface area contributed by atoms with E-state index in [4.69, 9.17) is 14.2 Å². The third-order valence-corrected chi connectivity index (χ3v) is 9.98. The lowest BCUT2D eigenvalue weighted by atomic mass is 9.90. The van der Waals surface area contributed by atoms with Gasteiger partial charge in [0, 0.05) is 6.92 Å². The van der Waals surface area contributed by atoms with Gasteiger partial charge >= 0.3 is 17.9 Å². The van der Waals surface area contributed by atoms with Crippen LogP contribution in [0.1, 0.15) is 166 Å². The van der Waals surface area contributed by atoms with E-state index in [0.717, 1.165) is 36.5 Å². The van der Waals surface area contributed by atoms with Crippen molar-refractivity contribution in [1.82, 2.24) is 0 Å². The first-order chi connectivity index (χ1) is 26.2. The molecule has 316 valence electrons. The van der Waals surface area contributed by atoms with Crippen molar-refractivity contribution in [2.24, 2.45) is 10.8 Å². The Hall–Kier alpha value is -4.39. The van der Waals surface area contributed by atoms with Crippen LogP contribution in [0.15, 0.2) is 72.8 Å². The molecule has 0 spiro atoms. The molecule has 0 radical (unpaired) electrons. The second kappa shape index (κ2) is 21.9. The van der Waals surface area contributed by atoms with Crippen LogP contribution in [0, 0.1) is 10.8 Å². The Morgan fingerprint density at radius 1 is 0.544 bits per heavy atom. The summed E-state index contributed by atoms with van der Waals surface area (Å²) in [6.07, 6.45) is 3.91. The van der Waals surface area contributed by atoms with Gasteiger partial charge in [-0.1, -0.05) is 90.1 Å². The summed E-state index contributed by atoms with van der Waals surface area (Å²) in [7, 11) is 0. The van der Waals surface area contributed by atoms with Crippen LogP contribution in [-0.4, -0.2) is 34.2 Å². The van der Waals surface area contributed by atoms with Gasteiger partial charge in [0.2, 0.25) is 0 Å². The fourth-order valence-corrected chi connectivity index (χ4v) is 4.93. The van der Waals surface area contributed by atoms with E-state index >= 15 is 0 Å². The topological polar surface area (TPSA) is 99.1 Å². The predicted molar refractivity (Wildman–Crippen MR) is 238 cm³/mol. The number of hydrogen-bond donors (Lipinski definition) is 1. The molecule has 57 heavy (non-hydrogen) atoms. The minimum absolute atomic E-state index is 0.113. The number of phenols is 1. The van der Waals surface area contributed by atoms with Gasteiger partial charge in [0.1, 0.15) is 22.7 Å². The van der Waals surface area contributed by atoms with E-state index in [1.54, 1.807) is 12.1 Å². The van der Waals surface area contributed by atoms with Crippen LogP contribution in [0.5, 0.6) is 11.5 Å². The molecular weight excluding hydrogens is 713 g/mol. The van der Waals surface area contributed by atoms with Crippen LogP contribution in [0.2, 0.25) is 0 Å². The van der Waals surface area contributed by atoms with Crippen molar-refractivity contribution in [1.29, 1.82) is 0 Å². The molecule has 2 atom stereocenters. The molecule has 0 aliphatic heterocycles. The van der Waals surface area contributed by atoms with Crippen molar-refractivity contribution in [3.63, 3.8) is 0 Å². The Morgan fingerprint density at radius 3 is 1.25 bits per heavy atom. The summed E-state index contributed by atoms with van der Waals surface area (Å²) < 4.78 is 15.6. The van der Waals surface area contributed by atoms with Crippen LogP contribution in [-0.2, 0) is 23.9 Å². The number of aromatic hydroxyl groups is 1. The number of hydrogen-bond acceptors (Lipinski definition) is 7. The summed E-state index contributed by atoms with van der Waals surface area (Å²) in [5.41, 5.74) is 1.27. The van der Waals surface area contributed by atoms with Crippen molar-refractivity contribution < 1.29 is 33.7 Å². The van der Waals surface area contributed by atoms with E-state index in [1.165, 1.54) is 28.8 Å². The first-order valence-electron chi connectivity index (χ1n) is 20.6. The molecule has 0 aliphatic rings. The number of fused-ring (bicyclic) bond motifs is 2. The number of phenolic OH excluding ortho intramolecular Hbond substituents is 1. The number of ether oxygens (including phenoxy) is 3. The van der Waals surface area contributed by atoms with Gasteiger partial charge in [-0.2, -0.15) is 0 Å². The van der Waals surface area contributed by atoms with E-state index in [-0.39, 0.29) is 39.9 Å². The van der Waals surface area contributed by atoms with Crippen LogP contribution >= 0.6 is 0 Å². The van der Waals surface area contributed by atoms with Gasteiger partial charge in [-0.15, -0.1) is 0 Å². The molecule has 0 fully saturated rings. The molecule has 1 N–H and O–H groups in total. The SMILES string of the molecule is CCC(C)(C)C(=O)OC(C)(C)C.CCC(C)(C)C(=O)OC(C)(C)C.CCC(C)c1ccc2cc(O)ccc2c1.CCC(C)c1ccc2cc(OC(C)=O)ccc2c1. The molecule has 0 saturated carbocycles. The maximum atomic E-state index is 11.5. The highest BCUT2D eigenvalue weighted by atomic mass is 16.6. The van der Waals surface area contributed by atoms with Crippen molar-refractivity contribution >= 4 is 39.5 Å². The summed E-state index contributed by atoms with van der Waals surface area (Å²) in [4.78, 5) is 33.9. The normalized spacial score (nSPS) is 12.7. The number of benzene rings is 4. The Kier molecular flexibility index (Phi) is 19.5. The fraction of sp³-hybridized carbons (Fsp3) is 0.540. The summed E-state index contributed by atoms with van der Waals surface area (Å²) in [5.74, 6) is 1.59. The van der Waals surface area contributed by atoms with Crippen LogP contribution in [0.3, 0.4) is 0 Å². The summed E-state index contributed by atoms with van der Waals surface area (Å²) in [6, 6.07) is 24.1. The van der Waals surface area contributed by atoms with Crippen LogP contribution in [0.25, 0.3) is 21.5 Å². The summed E-state index contributed by atoms with van der Waals surface area (Å²) in [5, 5.41) is 13.9. The molecule has 0 saturated heterocycles. The minimum atomic E-state index is -0.372. The highest BCUT2D eigenvalue weighted by Gasteiger charge is 2.31. The Morgan fingerprint density at radius 2 is 0.895 bits per heavy atom. The van der Waals surface area contributed by atoms with Gasteiger partial charge in [-0.3, -0.25) is 14.4 Å². The third-order valence-electron chi connectivity index (χ3n) is 9.98. The first kappa shape index (κ1) is 50.6. The lowest BCUT2D eigenvalue weighted by Gasteiger charge is -2.27. The second-order valence-corrected chi connectivity index (χ2v) is 18.3. The molecule has 0 heterocycles. The van der Waals surface area contributed by atoms with E-state index in [2.05, 4.69) is 64.1 Å². The highest BCUT2D eigenvalue weighted by molar-refractivity contribution is 5.86. The second-order valence-electron chi connectivity index (χ2n) is 18.3. The van der Waals surface area contributed by atoms with E-state index in [1.807, 2.05) is 107 Å². The lowest BCUT2D eigenvalue weighted by molar-refractivity contribution is -0.166. The molecule has 0 aliphatic carbocycles. The van der Waals surface area contributed by atoms with E-state index < -0.39 is 0 Å². The van der Waals surface area contributed by atoms with Gasteiger partial charge in [0.15, 0.2) is 0 Å². The maximum absolute atomic E-state index is 11.5. The quantitative estimate of drug-likeness (QED) is 0.133. The largest absolute Gasteiger partial charge is 0.508 e. The van der Waals surface area contributed by atoms with E-state index in [9.17, 15) is 19.5 Å². The van der Waals surface area contributed by atoms with Crippen molar-refractivity contribution in [2.75, 3.05) is 0 Å². The molecule has 7 nitrogen and oxygen atoms in total. The van der Waals surface area contributed by atoms with Gasteiger partial charge in [-0.25, -0.2) is 0 Å². The van der Waals surface area contributed by atoms with Gasteiger partial charge in [0.25, 0.3) is 0 Å². The molecule has 0 amide bonds. The van der Waals surface area contributed by atoms with Gasteiger partial charge in [0.05, 0.1) is 10.8 Å². The predicted octanol–water partition coefficient (Wildman–Crippen LogP) is 13.9. The number of carbonyl (C=O) groups excluding carboxylic acids is 3. The smallest absolute Gasteiger partial charge is 0.312 e. The summed E-state index contributed by atoms with van der Waals surface area (Å²) >= 11 is 0. The van der Waals surface area contributed by atoms with Crippen LogP contribution in [0.4, 0.5) is 0 Å². The summed E-state index contributed by atoms with van der Waals surface area (Å²) in [6.45, 7) is 33.2. The average molecular weight is 787 g/mol. The van der Waals surface area contributed by atoms with E-state index in [0.29, 0.717) is 23.3 Å². The molecule has 0 aromatic heterocycles. The third kappa shape index (κ3) is 18.2. The Bertz CT molecular complexity index is 1850. The molecule has 4 rings (SSSR count). The zero-order valence-electron chi connectivity index (χ0n) is 38.3. The zero-order chi connectivity index (χ0) is 43.9. The molecule has 4 aromatic rings. The number of carbonyl (C=O) groups is 3. The highest BCUT2D eigenvalue weighted by Crippen LogP contribution is 2.29. The number of rotatable bonds is 9. The minimum Gasteiger partial charge on any atom is -0.508 e. The lowest BCUT2D eigenvalue weighted by Crippen LogP contribution is -2.33. The van der Waals surface area contributed by atoms with Crippen molar-refractivity contribution in [3.8, 4) is 11.5 Å². The van der Waals surface area contributed by atoms with Crippen molar-refractivity contribution in [3.05, 3.63) is 83.9 Å². The molecular formula is C50H74O7. The molecule has 2 unspecified atom stereocenters. The van der Waals surface area contributed by atoms with Crippen molar-refractivity contribution in [2.45, 2.75) is 166 Å². The molecule has 7 heteroatoms. The monoisotopic (exact) mass is 787 g/mol. The average Bonchev–Trinajstić information content (AvgIpc) is 3.12. The maximum Gasteiger partial charge on any atom is 0.312 e.